The van der Waals surface area contributed by atoms with Gasteiger partial charge in [-0.15, -0.1) is 10.2 Å². The lowest BCUT2D eigenvalue weighted by molar-refractivity contribution is -0.166. The number of ether oxygens (including phenoxy) is 4. The van der Waals surface area contributed by atoms with Crippen LogP contribution >= 0.6 is 0 Å². The standard InChI is InChI=1S/C19H26N6O7/c1-6-24(7-2)17-14-18(22-23-21-17)25(9-20-14)19-16(31-12(5)28)15(30-11(4)27)13(32-19)8-29-10(3)26/h9,13,15-16,19H,6-8H2,1-5H3/t13-,15-,16-,19-/m1/s1. The molecule has 0 spiro atoms. The van der Waals surface area contributed by atoms with Crippen molar-refractivity contribution in [3.8, 4) is 0 Å². The summed E-state index contributed by atoms with van der Waals surface area (Å²) in [6, 6.07) is 0. The molecule has 0 aromatic carbocycles. The molecule has 0 bridgehead atoms. The molecule has 1 aliphatic heterocycles. The summed E-state index contributed by atoms with van der Waals surface area (Å²) >= 11 is 0. The minimum atomic E-state index is -1.04. The van der Waals surface area contributed by atoms with Crippen molar-refractivity contribution in [3.63, 3.8) is 0 Å². The quantitative estimate of drug-likeness (QED) is 0.404. The van der Waals surface area contributed by atoms with Crippen LogP contribution in [0, 0.1) is 0 Å². The van der Waals surface area contributed by atoms with Gasteiger partial charge >= 0.3 is 17.9 Å². The maximum Gasteiger partial charge on any atom is 0.303 e. The van der Waals surface area contributed by atoms with E-state index in [1.807, 2.05) is 18.7 Å². The minimum absolute atomic E-state index is 0.202. The van der Waals surface area contributed by atoms with Gasteiger partial charge in [0.1, 0.15) is 12.7 Å². The Kier molecular flexibility index (Phi) is 7.18. The number of carbonyl (C=O) groups excluding carboxylic acids is 3. The predicted molar refractivity (Wildman–Crippen MR) is 108 cm³/mol. The SMILES string of the molecule is CCN(CC)c1nnnc2c1ncn2[C@@H]1O[C@H](COC(C)=O)[C@@H](OC(C)=O)[C@H]1OC(C)=O. The molecule has 13 heteroatoms. The number of carbonyl (C=O) groups is 3. The number of hydrogen-bond donors (Lipinski definition) is 0. The maximum atomic E-state index is 11.8. The number of imidazole rings is 1. The van der Waals surface area contributed by atoms with Crippen LogP contribution in [0.3, 0.4) is 0 Å². The zero-order valence-corrected chi connectivity index (χ0v) is 18.5. The fourth-order valence-electron chi connectivity index (χ4n) is 3.60. The van der Waals surface area contributed by atoms with E-state index in [1.165, 1.54) is 31.7 Å². The molecule has 0 saturated carbocycles. The van der Waals surface area contributed by atoms with Crippen molar-refractivity contribution in [3.05, 3.63) is 6.33 Å². The van der Waals surface area contributed by atoms with E-state index in [0.717, 1.165) is 0 Å². The second-order valence-corrected chi connectivity index (χ2v) is 7.13. The van der Waals surface area contributed by atoms with E-state index in [9.17, 15) is 14.4 Å². The Labute approximate surface area is 184 Å². The van der Waals surface area contributed by atoms with Gasteiger partial charge in [-0.1, -0.05) is 0 Å². The summed E-state index contributed by atoms with van der Waals surface area (Å²) in [6.45, 7) is 8.84. The number of rotatable bonds is 8. The third-order valence-electron chi connectivity index (χ3n) is 4.94. The number of aromatic nitrogens is 5. The lowest BCUT2D eigenvalue weighted by atomic mass is 10.1. The van der Waals surface area contributed by atoms with Crippen LogP contribution in [0.15, 0.2) is 6.33 Å². The zero-order chi connectivity index (χ0) is 23.4. The largest absolute Gasteiger partial charge is 0.463 e. The van der Waals surface area contributed by atoms with E-state index in [1.54, 1.807) is 0 Å². The van der Waals surface area contributed by atoms with Crippen LogP contribution < -0.4 is 4.90 Å². The van der Waals surface area contributed by atoms with E-state index >= 15 is 0 Å². The fourth-order valence-corrected chi connectivity index (χ4v) is 3.60. The summed E-state index contributed by atoms with van der Waals surface area (Å²) < 4.78 is 23.5. The van der Waals surface area contributed by atoms with E-state index in [0.29, 0.717) is 30.1 Å². The molecular weight excluding hydrogens is 424 g/mol. The molecule has 0 aliphatic carbocycles. The van der Waals surface area contributed by atoms with Crippen LogP contribution in [0.2, 0.25) is 0 Å². The van der Waals surface area contributed by atoms with E-state index < -0.39 is 42.4 Å². The van der Waals surface area contributed by atoms with Gasteiger partial charge in [-0.05, 0) is 19.1 Å². The molecule has 1 fully saturated rings. The maximum absolute atomic E-state index is 11.8. The predicted octanol–water partition coefficient (Wildman–Crippen LogP) is 0.391. The van der Waals surface area contributed by atoms with Crippen molar-refractivity contribution in [1.82, 2.24) is 25.0 Å². The molecule has 1 saturated heterocycles. The number of nitrogens with zero attached hydrogens (tertiary/aromatic N) is 6. The summed E-state index contributed by atoms with van der Waals surface area (Å²) in [7, 11) is 0. The van der Waals surface area contributed by atoms with Gasteiger partial charge in [0.15, 0.2) is 35.4 Å². The Balaban J connectivity index is 2.04. The van der Waals surface area contributed by atoms with E-state index in [-0.39, 0.29) is 6.61 Å². The molecule has 32 heavy (non-hydrogen) atoms. The number of anilines is 1. The lowest BCUT2D eigenvalue weighted by Gasteiger charge is -2.23. The fraction of sp³-hybridized carbons (Fsp3) is 0.632. The summed E-state index contributed by atoms with van der Waals surface area (Å²) in [5.74, 6) is -1.19. The van der Waals surface area contributed by atoms with Gasteiger partial charge in [-0.25, -0.2) is 4.98 Å². The average Bonchev–Trinajstić information content (AvgIpc) is 3.29. The normalized spacial score (nSPS) is 22.5. The number of fused-ring (bicyclic) bond motifs is 1. The third-order valence-corrected chi connectivity index (χ3v) is 4.94. The van der Waals surface area contributed by atoms with E-state index in [2.05, 4.69) is 20.4 Å². The van der Waals surface area contributed by atoms with Crippen LogP contribution in [0.5, 0.6) is 0 Å². The average molecular weight is 450 g/mol. The van der Waals surface area contributed by atoms with Gasteiger partial charge in [-0.3, -0.25) is 19.0 Å². The molecule has 0 radical (unpaired) electrons. The summed E-state index contributed by atoms with van der Waals surface area (Å²) in [4.78, 5) is 41.3. The monoisotopic (exact) mass is 450 g/mol. The molecule has 13 nitrogen and oxygen atoms in total. The van der Waals surface area contributed by atoms with Gasteiger partial charge in [0.2, 0.25) is 0 Å². The highest BCUT2D eigenvalue weighted by atomic mass is 16.7. The molecule has 174 valence electrons. The van der Waals surface area contributed by atoms with Crippen molar-refractivity contribution < 1.29 is 33.3 Å². The van der Waals surface area contributed by atoms with Crippen molar-refractivity contribution in [2.45, 2.75) is 59.2 Å². The van der Waals surface area contributed by atoms with Crippen LogP contribution in [0.4, 0.5) is 5.82 Å². The Morgan fingerprint density at radius 2 is 1.69 bits per heavy atom. The molecule has 1 aliphatic rings. The molecule has 4 atom stereocenters. The second-order valence-electron chi connectivity index (χ2n) is 7.13. The molecular formula is C19H26N6O7. The lowest BCUT2D eigenvalue weighted by Crippen LogP contribution is -2.40. The first-order valence-electron chi connectivity index (χ1n) is 10.2. The first-order chi connectivity index (χ1) is 15.3. The minimum Gasteiger partial charge on any atom is -0.463 e. The highest BCUT2D eigenvalue weighted by Gasteiger charge is 2.51. The number of hydrogen-bond acceptors (Lipinski definition) is 12. The molecule has 0 N–H and O–H groups in total. The highest BCUT2D eigenvalue weighted by Crippen LogP contribution is 2.36. The van der Waals surface area contributed by atoms with Crippen molar-refractivity contribution in [1.29, 1.82) is 0 Å². The first-order valence-corrected chi connectivity index (χ1v) is 10.2. The summed E-state index contributed by atoms with van der Waals surface area (Å²) in [6.07, 6.45) is -2.44. The third kappa shape index (κ3) is 4.77. The Morgan fingerprint density at radius 3 is 2.28 bits per heavy atom. The van der Waals surface area contributed by atoms with Gasteiger partial charge in [-0.2, -0.15) is 0 Å². The van der Waals surface area contributed by atoms with Crippen LogP contribution in [-0.2, 0) is 33.3 Å². The first kappa shape index (κ1) is 23.3. The Morgan fingerprint density at radius 1 is 1.03 bits per heavy atom. The Bertz CT molecular complexity index is 992. The number of esters is 3. The summed E-state index contributed by atoms with van der Waals surface area (Å²) in [5.41, 5.74) is 0.833. The van der Waals surface area contributed by atoms with Gasteiger partial charge in [0.25, 0.3) is 0 Å². The van der Waals surface area contributed by atoms with Crippen LogP contribution in [-0.4, -0.2) is 80.9 Å². The molecule has 0 amide bonds. The van der Waals surface area contributed by atoms with Crippen LogP contribution in [0.1, 0.15) is 40.8 Å². The van der Waals surface area contributed by atoms with E-state index in [4.69, 9.17) is 18.9 Å². The smallest absolute Gasteiger partial charge is 0.303 e. The van der Waals surface area contributed by atoms with Gasteiger partial charge in [0, 0.05) is 33.9 Å². The Hall–Kier alpha value is -3.35. The topological polar surface area (TPSA) is 148 Å². The zero-order valence-electron chi connectivity index (χ0n) is 18.5. The second kappa shape index (κ2) is 9.85. The van der Waals surface area contributed by atoms with Gasteiger partial charge < -0.3 is 23.8 Å². The summed E-state index contributed by atoms with van der Waals surface area (Å²) in [5, 5.41) is 12.1. The molecule has 2 aromatic rings. The van der Waals surface area contributed by atoms with Crippen molar-refractivity contribution in [2.24, 2.45) is 0 Å². The molecule has 0 unspecified atom stereocenters. The molecule has 3 rings (SSSR count). The highest BCUT2D eigenvalue weighted by molar-refractivity contribution is 5.82. The molecule has 2 aromatic heterocycles. The molecule has 3 heterocycles. The van der Waals surface area contributed by atoms with Crippen molar-refractivity contribution >= 4 is 34.9 Å². The van der Waals surface area contributed by atoms with Crippen LogP contribution in [0.25, 0.3) is 11.2 Å². The van der Waals surface area contributed by atoms with Gasteiger partial charge in [0.05, 0.1) is 6.33 Å². The van der Waals surface area contributed by atoms with Crippen molar-refractivity contribution in [2.75, 3.05) is 24.6 Å².